The molecular formula is C12H18O6. The van der Waals surface area contributed by atoms with Gasteiger partial charge in [-0.2, -0.15) is 0 Å². The van der Waals surface area contributed by atoms with Crippen molar-refractivity contribution in [2.24, 2.45) is 0 Å². The van der Waals surface area contributed by atoms with Crippen molar-refractivity contribution < 1.29 is 30.0 Å². The number of aliphatic hydroxyl groups excluding tert-OH is 1. The molecule has 0 aromatic heterocycles. The van der Waals surface area contributed by atoms with Gasteiger partial charge in [0.25, 0.3) is 0 Å². The second-order valence-corrected chi connectivity index (χ2v) is 4.08. The van der Waals surface area contributed by atoms with Crippen LogP contribution in [0.4, 0.5) is 0 Å². The molecule has 18 heavy (non-hydrogen) atoms. The molecule has 4 N–H and O–H groups in total. The maximum Gasteiger partial charge on any atom is 0.331 e. The zero-order valence-electron chi connectivity index (χ0n) is 10.5. The molecule has 0 saturated carbocycles. The zero-order valence-corrected chi connectivity index (χ0v) is 10.5. The molecule has 0 rings (SSSR count). The number of hydrogen-bond donors (Lipinski definition) is 4. The molecule has 0 aliphatic heterocycles. The average molecular weight is 258 g/mol. The summed E-state index contributed by atoms with van der Waals surface area (Å²) in [5.41, 5.74) is -2.38. The van der Waals surface area contributed by atoms with E-state index in [9.17, 15) is 19.8 Å². The summed E-state index contributed by atoms with van der Waals surface area (Å²) in [6.07, 6.45) is 0.732. The standard InChI is InChI=1S/C12H18O6/c1-4-9(13)12(18,5-7(2)10(14)15)6-8(3)11(16)17/h5-6,9,13,18H,4H2,1-3H3,(H,14,15)(H,16,17). The van der Waals surface area contributed by atoms with Gasteiger partial charge < -0.3 is 20.4 Å². The van der Waals surface area contributed by atoms with Gasteiger partial charge in [0.05, 0.1) is 6.10 Å². The Hall–Kier alpha value is -1.66. The van der Waals surface area contributed by atoms with E-state index in [4.69, 9.17) is 10.2 Å². The van der Waals surface area contributed by atoms with Gasteiger partial charge in [0.2, 0.25) is 0 Å². The second-order valence-electron chi connectivity index (χ2n) is 4.08. The highest BCUT2D eigenvalue weighted by molar-refractivity contribution is 5.87. The van der Waals surface area contributed by atoms with Gasteiger partial charge in [-0.15, -0.1) is 0 Å². The summed E-state index contributed by atoms with van der Waals surface area (Å²) in [6, 6.07) is 0. The molecule has 102 valence electrons. The lowest BCUT2D eigenvalue weighted by molar-refractivity contribution is -0.133. The molecule has 0 aromatic rings. The third-order valence-corrected chi connectivity index (χ3v) is 2.49. The molecule has 1 unspecified atom stereocenters. The Kier molecular flexibility index (Phi) is 5.74. The van der Waals surface area contributed by atoms with Crippen LogP contribution in [-0.4, -0.2) is 44.1 Å². The fraction of sp³-hybridized carbons (Fsp3) is 0.500. The van der Waals surface area contributed by atoms with Crippen molar-refractivity contribution >= 4 is 11.9 Å². The van der Waals surface area contributed by atoms with Crippen LogP contribution in [0.15, 0.2) is 23.3 Å². The van der Waals surface area contributed by atoms with E-state index in [1.807, 2.05) is 0 Å². The number of rotatable bonds is 6. The molecule has 0 fully saturated rings. The fourth-order valence-corrected chi connectivity index (χ4v) is 1.38. The molecule has 0 amide bonds. The van der Waals surface area contributed by atoms with Crippen LogP contribution in [0, 0.1) is 0 Å². The predicted molar refractivity (Wildman–Crippen MR) is 64.0 cm³/mol. The van der Waals surface area contributed by atoms with E-state index in [1.165, 1.54) is 13.8 Å². The smallest absolute Gasteiger partial charge is 0.331 e. The van der Waals surface area contributed by atoms with Gasteiger partial charge in [-0.05, 0) is 32.4 Å². The summed E-state index contributed by atoms with van der Waals surface area (Å²) in [5.74, 6) is -2.50. The third-order valence-electron chi connectivity index (χ3n) is 2.49. The minimum Gasteiger partial charge on any atom is -0.478 e. The van der Waals surface area contributed by atoms with Crippen LogP contribution < -0.4 is 0 Å². The molecule has 6 nitrogen and oxygen atoms in total. The van der Waals surface area contributed by atoms with Crippen molar-refractivity contribution in [3.63, 3.8) is 0 Å². The monoisotopic (exact) mass is 258 g/mol. The van der Waals surface area contributed by atoms with Crippen molar-refractivity contribution in [3.05, 3.63) is 23.3 Å². The maximum atomic E-state index is 10.7. The summed E-state index contributed by atoms with van der Waals surface area (Å²) in [4.78, 5) is 21.4. The van der Waals surface area contributed by atoms with Crippen molar-refractivity contribution in [2.75, 3.05) is 0 Å². The topological polar surface area (TPSA) is 115 Å². The van der Waals surface area contributed by atoms with Gasteiger partial charge in [0.15, 0.2) is 0 Å². The van der Waals surface area contributed by atoms with E-state index in [0.717, 1.165) is 12.2 Å². The van der Waals surface area contributed by atoms with Crippen molar-refractivity contribution in [1.29, 1.82) is 0 Å². The average Bonchev–Trinajstić information content (AvgIpc) is 2.27. The molecule has 6 heteroatoms. The van der Waals surface area contributed by atoms with Gasteiger partial charge in [-0.25, -0.2) is 9.59 Å². The van der Waals surface area contributed by atoms with Crippen LogP contribution in [0.5, 0.6) is 0 Å². The predicted octanol–water partition coefficient (Wildman–Crippen LogP) is 0.550. The van der Waals surface area contributed by atoms with Gasteiger partial charge in [0.1, 0.15) is 5.60 Å². The number of carboxylic acids is 2. The van der Waals surface area contributed by atoms with E-state index >= 15 is 0 Å². The molecule has 1 atom stereocenters. The Balaban J connectivity index is 5.60. The second kappa shape index (κ2) is 6.32. The Bertz CT molecular complexity index is 363. The van der Waals surface area contributed by atoms with E-state index in [0.29, 0.717) is 0 Å². The minimum atomic E-state index is -2.01. The summed E-state index contributed by atoms with van der Waals surface area (Å²) in [6.45, 7) is 4.09. The first kappa shape index (κ1) is 16.3. The molecule has 0 aliphatic carbocycles. The third kappa shape index (κ3) is 4.31. The van der Waals surface area contributed by atoms with Gasteiger partial charge >= 0.3 is 11.9 Å². The SMILES string of the molecule is CCC(O)C(O)(C=C(C)C(=O)O)C=C(C)C(=O)O. The number of aliphatic hydroxyl groups is 2. The van der Waals surface area contributed by atoms with E-state index in [1.54, 1.807) is 6.92 Å². The highest BCUT2D eigenvalue weighted by Gasteiger charge is 2.31. The normalized spacial score (nSPS) is 18.1. The first-order valence-corrected chi connectivity index (χ1v) is 5.40. The lowest BCUT2D eigenvalue weighted by atomic mass is 9.90. The lowest BCUT2D eigenvalue weighted by Crippen LogP contribution is -2.39. The quantitative estimate of drug-likeness (QED) is 0.517. The molecule has 0 aromatic carbocycles. The van der Waals surface area contributed by atoms with Crippen molar-refractivity contribution in [2.45, 2.75) is 38.9 Å². The van der Waals surface area contributed by atoms with Crippen LogP contribution in [0.2, 0.25) is 0 Å². The number of carbonyl (C=O) groups is 2. The molecule has 0 aliphatic rings. The highest BCUT2D eigenvalue weighted by atomic mass is 16.4. The van der Waals surface area contributed by atoms with Crippen LogP contribution in [-0.2, 0) is 9.59 Å². The van der Waals surface area contributed by atoms with Crippen LogP contribution in [0.25, 0.3) is 0 Å². The minimum absolute atomic E-state index is 0.142. The van der Waals surface area contributed by atoms with Crippen molar-refractivity contribution in [1.82, 2.24) is 0 Å². The van der Waals surface area contributed by atoms with Gasteiger partial charge in [-0.1, -0.05) is 6.92 Å². The lowest BCUT2D eigenvalue weighted by Gasteiger charge is -2.27. The summed E-state index contributed by atoms with van der Waals surface area (Å²) >= 11 is 0. The molecule has 0 radical (unpaired) electrons. The number of hydrogen-bond acceptors (Lipinski definition) is 4. The van der Waals surface area contributed by atoms with Crippen LogP contribution >= 0.6 is 0 Å². The molecule has 0 bridgehead atoms. The summed E-state index contributed by atoms with van der Waals surface area (Å²) < 4.78 is 0. The van der Waals surface area contributed by atoms with Gasteiger partial charge in [0, 0.05) is 11.1 Å². The Morgan fingerprint density at radius 1 is 1.11 bits per heavy atom. The zero-order chi connectivity index (χ0) is 14.5. The summed E-state index contributed by atoms with van der Waals surface area (Å²) in [5, 5.41) is 37.4. The number of aliphatic carboxylic acids is 2. The van der Waals surface area contributed by atoms with Crippen LogP contribution in [0.1, 0.15) is 27.2 Å². The van der Waals surface area contributed by atoms with E-state index in [-0.39, 0.29) is 17.6 Å². The first-order valence-electron chi connectivity index (χ1n) is 5.40. The molecule has 0 saturated heterocycles. The fourth-order valence-electron chi connectivity index (χ4n) is 1.38. The molecular weight excluding hydrogens is 240 g/mol. The first-order chi connectivity index (χ1) is 8.14. The maximum absolute atomic E-state index is 10.7. The van der Waals surface area contributed by atoms with E-state index in [2.05, 4.69) is 0 Å². The summed E-state index contributed by atoms with van der Waals surface area (Å²) in [7, 11) is 0. The Labute approximate surface area is 105 Å². The Morgan fingerprint density at radius 2 is 1.44 bits per heavy atom. The van der Waals surface area contributed by atoms with E-state index < -0.39 is 23.6 Å². The largest absolute Gasteiger partial charge is 0.478 e. The Morgan fingerprint density at radius 3 is 1.67 bits per heavy atom. The molecule has 0 spiro atoms. The van der Waals surface area contributed by atoms with Gasteiger partial charge in [-0.3, -0.25) is 0 Å². The highest BCUT2D eigenvalue weighted by Crippen LogP contribution is 2.21. The van der Waals surface area contributed by atoms with Crippen LogP contribution in [0.3, 0.4) is 0 Å². The molecule has 0 heterocycles. The number of carboxylic acid groups (broad SMARTS) is 2. The van der Waals surface area contributed by atoms with Crippen molar-refractivity contribution in [3.8, 4) is 0 Å².